The van der Waals surface area contributed by atoms with Crippen molar-refractivity contribution in [3.8, 4) is 5.75 Å². The van der Waals surface area contributed by atoms with Crippen LogP contribution in [0.3, 0.4) is 0 Å². The van der Waals surface area contributed by atoms with Gasteiger partial charge in [0.05, 0.1) is 19.2 Å². The van der Waals surface area contributed by atoms with Crippen LogP contribution in [0, 0.1) is 0 Å². The van der Waals surface area contributed by atoms with Gasteiger partial charge in [-0.2, -0.15) is 0 Å². The average Bonchev–Trinajstić information content (AvgIpc) is 3.39. The van der Waals surface area contributed by atoms with Gasteiger partial charge in [0.1, 0.15) is 5.75 Å². The molecule has 2 amide bonds. The van der Waals surface area contributed by atoms with Crippen LogP contribution in [-0.4, -0.2) is 40.5 Å². The van der Waals surface area contributed by atoms with Crippen LogP contribution in [0.2, 0.25) is 5.02 Å². The Morgan fingerprint density at radius 3 is 2.61 bits per heavy atom. The molecule has 2 heterocycles. The number of benzene rings is 2. The Labute approximate surface area is 213 Å². The quantitative estimate of drug-likeness (QED) is 0.340. The number of methoxy groups -OCH3 is 1. The van der Waals surface area contributed by atoms with Crippen molar-refractivity contribution in [1.82, 2.24) is 20.4 Å². The van der Waals surface area contributed by atoms with Crippen molar-refractivity contribution in [2.75, 3.05) is 13.7 Å². The zero-order valence-electron chi connectivity index (χ0n) is 19.7. The predicted molar refractivity (Wildman–Crippen MR) is 135 cm³/mol. The zero-order chi connectivity index (χ0) is 25.3. The summed E-state index contributed by atoms with van der Waals surface area (Å²) < 4.78 is 10.6. The van der Waals surface area contributed by atoms with Crippen LogP contribution >= 0.6 is 11.6 Å². The molecule has 0 bridgehead atoms. The first-order valence-electron chi connectivity index (χ1n) is 11.3. The van der Waals surface area contributed by atoms with Crippen molar-refractivity contribution in [2.45, 2.75) is 19.5 Å². The maximum Gasteiger partial charge on any atom is 0.273 e. The van der Waals surface area contributed by atoms with E-state index in [1.165, 1.54) is 6.20 Å². The summed E-state index contributed by atoms with van der Waals surface area (Å²) in [4.78, 5) is 31.5. The number of hydrogen-bond acceptors (Lipinski definition) is 6. The largest absolute Gasteiger partial charge is 0.497 e. The lowest BCUT2D eigenvalue weighted by Crippen LogP contribution is -2.32. The minimum absolute atomic E-state index is 0.135. The molecule has 0 saturated carbocycles. The van der Waals surface area contributed by atoms with Crippen LogP contribution in [0.4, 0.5) is 0 Å². The van der Waals surface area contributed by atoms with Crippen molar-refractivity contribution in [2.24, 2.45) is 0 Å². The molecule has 8 nitrogen and oxygen atoms in total. The molecule has 0 fully saturated rings. The fourth-order valence-corrected chi connectivity index (χ4v) is 3.80. The number of halogens is 1. The number of rotatable bonds is 10. The summed E-state index contributed by atoms with van der Waals surface area (Å²) in [5, 5.41) is 7.28. The molecule has 36 heavy (non-hydrogen) atoms. The van der Waals surface area contributed by atoms with Crippen molar-refractivity contribution in [1.29, 1.82) is 0 Å². The molecule has 9 heteroatoms. The number of nitrogens with one attached hydrogen (secondary N) is 1. The molecule has 0 radical (unpaired) electrons. The Balaban J connectivity index is 1.43. The molecule has 4 aromatic rings. The Kier molecular flexibility index (Phi) is 8.31. The van der Waals surface area contributed by atoms with Crippen LogP contribution in [0.5, 0.6) is 5.75 Å². The van der Waals surface area contributed by atoms with Crippen LogP contribution in [0.15, 0.2) is 83.6 Å². The molecule has 0 atom stereocenters. The number of ether oxygens (including phenoxy) is 1. The third-order valence-electron chi connectivity index (χ3n) is 5.51. The number of carbonyl (C=O) groups excluding carboxylic acids is 2. The van der Waals surface area contributed by atoms with Gasteiger partial charge in [0.2, 0.25) is 0 Å². The lowest BCUT2D eigenvalue weighted by Gasteiger charge is -2.21. The Morgan fingerprint density at radius 2 is 1.89 bits per heavy atom. The number of hydrogen-bond donors (Lipinski definition) is 1. The van der Waals surface area contributed by atoms with Gasteiger partial charge < -0.3 is 19.5 Å². The Bertz CT molecular complexity index is 1310. The summed E-state index contributed by atoms with van der Waals surface area (Å²) in [6.07, 6.45) is 3.76. The smallest absolute Gasteiger partial charge is 0.273 e. The van der Waals surface area contributed by atoms with E-state index in [0.717, 1.165) is 16.9 Å². The van der Waals surface area contributed by atoms with Crippen LogP contribution in [-0.2, 0) is 19.5 Å². The first-order valence-corrected chi connectivity index (χ1v) is 11.7. The number of pyridine rings is 1. The number of aromatic nitrogens is 2. The molecule has 0 saturated heterocycles. The van der Waals surface area contributed by atoms with E-state index in [2.05, 4.69) is 15.5 Å². The standard InChI is InChI=1S/C27H25ClN4O4/c1-35-23-9-7-19(8-10-23)11-13-32(27(34)21-5-3-12-29-17-21)18-24-15-25(31-36-24)26(33)30-16-20-4-2-6-22(28)14-20/h2-10,12,14-15,17H,11,13,16,18H2,1H3,(H,30,33). The van der Waals surface area contributed by atoms with E-state index in [9.17, 15) is 9.59 Å². The molecule has 0 aliphatic heterocycles. The van der Waals surface area contributed by atoms with Gasteiger partial charge in [-0.25, -0.2) is 0 Å². The van der Waals surface area contributed by atoms with Crippen molar-refractivity contribution < 1.29 is 18.8 Å². The van der Waals surface area contributed by atoms with E-state index < -0.39 is 0 Å². The molecule has 2 aromatic heterocycles. The second kappa shape index (κ2) is 12.0. The minimum atomic E-state index is -0.381. The number of carbonyl (C=O) groups is 2. The van der Waals surface area contributed by atoms with E-state index in [4.69, 9.17) is 20.9 Å². The van der Waals surface area contributed by atoms with Crippen LogP contribution < -0.4 is 10.1 Å². The first-order chi connectivity index (χ1) is 17.5. The van der Waals surface area contributed by atoms with E-state index in [1.54, 1.807) is 48.5 Å². The van der Waals surface area contributed by atoms with Gasteiger partial charge in [-0.05, 0) is 53.9 Å². The Hall–Kier alpha value is -4.17. The fourth-order valence-electron chi connectivity index (χ4n) is 3.58. The maximum atomic E-state index is 13.2. The minimum Gasteiger partial charge on any atom is -0.497 e. The average molecular weight is 505 g/mol. The molecule has 2 aromatic carbocycles. The second-order valence-electron chi connectivity index (χ2n) is 8.06. The van der Waals surface area contributed by atoms with E-state index in [0.29, 0.717) is 35.9 Å². The van der Waals surface area contributed by atoms with Gasteiger partial charge in [-0.1, -0.05) is 41.0 Å². The molecule has 184 valence electrons. The molecule has 4 rings (SSSR count). The van der Waals surface area contributed by atoms with Gasteiger partial charge in [-0.15, -0.1) is 0 Å². The van der Waals surface area contributed by atoms with Gasteiger partial charge >= 0.3 is 0 Å². The van der Waals surface area contributed by atoms with Gasteiger partial charge in [0.15, 0.2) is 11.5 Å². The summed E-state index contributed by atoms with van der Waals surface area (Å²) in [6.45, 7) is 0.880. The Morgan fingerprint density at radius 1 is 1.06 bits per heavy atom. The maximum absolute atomic E-state index is 13.2. The van der Waals surface area contributed by atoms with E-state index in [-0.39, 0.29) is 24.1 Å². The summed E-state index contributed by atoms with van der Waals surface area (Å²) in [6, 6.07) is 19.9. The molecule has 0 aliphatic rings. The highest BCUT2D eigenvalue weighted by Crippen LogP contribution is 2.16. The number of amides is 2. The van der Waals surface area contributed by atoms with Crippen molar-refractivity contribution in [3.05, 3.63) is 112 Å². The lowest BCUT2D eigenvalue weighted by molar-refractivity contribution is 0.0728. The van der Waals surface area contributed by atoms with Crippen LogP contribution in [0.25, 0.3) is 0 Å². The number of nitrogens with zero attached hydrogens (tertiary/aromatic N) is 3. The third kappa shape index (κ3) is 6.70. The summed E-state index contributed by atoms with van der Waals surface area (Å²) in [5.41, 5.74) is 2.52. The van der Waals surface area contributed by atoms with E-state index >= 15 is 0 Å². The van der Waals surface area contributed by atoms with Crippen molar-refractivity contribution in [3.63, 3.8) is 0 Å². The predicted octanol–water partition coefficient (Wildman–Crippen LogP) is 4.55. The SMILES string of the molecule is COc1ccc(CCN(Cc2cc(C(=O)NCc3cccc(Cl)c3)no2)C(=O)c2cccnc2)cc1. The summed E-state index contributed by atoms with van der Waals surface area (Å²) in [5.74, 6) is 0.591. The molecular formula is C27H25ClN4O4. The second-order valence-corrected chi connectivity index (χ2v) is 8.49. The van der Waals surface area contributed by atoms with Crippen molar-refractivity contribution >= 4 is 23.4 Å². The normalized spacial score (nSPS) is 10.6. The van der Waals surface area contributed by atoms with Gasteiger partial charge in [0, 0.05) is 36.6 Å². The summed E-state index contributed by atoms with van der Waals surface area (Å²) in [7, 11) is 1.62. The molecule has 1 N–H and O–H groups in total. The first kappa shape index (κ1) is 24.9. The zero-order valence-corrected chi connectivity index (χ0v) is 20.4. The van der Waals surface area contributed by atoms with Crippen LogP contribution in [0.1, 0.15) is 37.7 Å². The van der Waals surface area contributed by atoms with E-state index in [1.807, 2.05) is 36.4 Å². The molecular weight excluding hydrogens is 480 g/mol. The topological polar surface area (TPSA) is 97.6 Å². The molecule has 0 spiro atoms. The monoisotopic (exact) mass is 504 g/mol. The summed E-state index contributed by atoms with van der Waals surface area (Å²) >= 11 is 6.00. The molecule has 0 unspecified atom stereocenters. The fraction of sp³-hybridized carbons (Fsp3) is 0.185. The third-order valence-corrected chi connectivity index (χ3v) is 5.74. The highest BCUT2D eigenvalue weighted by molar-refractivity contribution is 6.30. The molecule has 0 aliphatic carbocycles. The highest BCUT2D eigenvalue weighted by Gasteiger charge is 2.20. The lowest BCUT2D eigenvalue weighted by atomic mass is 10.1. The highest BCUT2D eigenvalue weighted by atomic mass is 35.5. The van der Waals surface area contributed by atoms with Gasteiger partial charge in [0.25, 0.3) is 11.8 Å². The van der Waals surface area contributed by atoms with Gasteiger partial charge in [-0.3, -0.25) is 14.6 Å².